The second-order valence-electron chi connectivity index (χ2n) is 7.26. The number of hydrogen-bond acceptors (Lipinski definition) is 3. The number of Topliss-reactive ketones (excluding diaryl/α,β-unsaturated/α-hetero) is 2. The van der Waals surface area contributed by atoms with Crippen molar-refractivity contribution in [2.24, 2.45) is 0 Å². The molecule has 0 amide bonds. The molecule has 5 heteroatoms. The Morgan fingerprint density at radius 2 is 1.33 bits per heavy atom. The molecule has 0 spiro atoms. The molecule has 1 unspecified atom stereocenters. The van der Waals surface area contributed by atoms with E-state index >= 15 is 0 Å². The molecule has 0 aliphatic rings. The minimum absolute atomic E-state index is 0.00626. The third-order valence-corrected chi connectivity index (χ3v) is 5.01. The highest BCUT2D eigenvalue weighted by molar-refractivity contribution is 5.99. The maximum atomic E-state index is 13.2. The largest absolute Gasteiger partial charge is 0.478 e. The van der Waals surface area contributed by atoms with E-state index in [0.29, 0.717) is 16.7 Å². The number of carbonyl (C=O) groups excluding carboxylic acids is 2. The number of aromatic carboxylic acids is 1. The quantitative estimate of drug-likeness (QED) is 0.506. The second-order valence-corrected chi connectivity index (χ2v) is 7.26. The van der Waals surface area contributed by atoms with Gasteiger partial charge in [-0.15, -0.1) is 0 Å². The number of ketones is 2. The van der Waals surface area contributed by atoms with Gasteiger partial charge in [0, 0.05) is 24.0 Å². The predicted octanol–water partition coefficient (Wildman–Crippen LogP) is 5.46. The van der Waals surface area contributed by atoms with E-state index in [9.17, 15) is 23.9 Å². The lowest BCUT2D eigenvalue weighted by Crippen LogP contribution is -2.13. The van der Waals surface area contributed by atoms with Crippen LogP contribution >= 0.6 is 0 Å². The van der Waals surface area contributed by atoms with Crippen LogP contribution < -0.4 is 0 Å². The van der Waals surface area contributed by atoms with Gasteiger partial charge >= 0.3 is 5.97 Å². The SMILES string of the molecule is Cc1ccc(C(=O)CC(CC(=O)c2ccc(F)cc2)c2cccc(C(=O)O)c2)cc1. The van der Waals surface area contributed by atoms with Gasteiger partial charge in [-0.3, -0.25) is 9.59 Å². The average Bonchev–Trinajstić information content (AvgIpc) is 2.74. The maximum Gasteiger partial charge on any atom is 0.335 e. The number of carboxylic acid groups (broad SMARTS) is 1. The van der Waals surface area contributed by atoms with Crippen LogP contribution in [0.2, 0.25) is 0 Å². The molecule has 0 heterocycles. The summed E-state index contributed by atoms with van der Waals surface area (Å²) in [6.07, 6.45) is 0.0609. The Bertz CT molecular complexity index is 1010. The highest BCUT2D eigenvalue weighted by atomic mass is 19.1. The van der Waals surface area contributed by atoms with Crippen LogP contribution in [0.25, 0.3) is 0 Å². The minimum atomic E-state index is -1.08. The van der Waals surface area contributed by atoms with Crippen molar-refractivity contribution in [1.29, 1.82) is 0 Å². The molecule has 4 nitrogen and oxygen atoms in total. The molecule has 0 saturated carbocycles. The Hall–Kier alpha value is -3.60. The molecule has 3 rings (SSSR count). The van der Waals surface area contributed by atoms with Crippen molar-refractivity contribution in [3.63, 3.8) is 0 Å². The van der Waals surface area contributed by atoms with Gasteiger partial charge in [0.05, 0.1) is 5.56 Å². The van der Waals surface area contributed by atoms with E-state index in [1.54, 1.807) is 24.3 Å². The molecule has 0 aliphatic heterocycles. The Morgan fingerprint density at radius 1 is 0.800 bits per heavy atom. The summed E-state index contributed by atoms with van der Waals surface area (Å²) in [5.74, 6) is -2.39. The number of rotatable bonds is 8. The highest BCUT2D eigenvalue weighted by Gasteiger charge is 2.22. The fraction of sp³-hybridized carbons (Fsp3) is 0.160. The van der Waals surface area contributed by atoms with Crippen LogP contribution in [-0.4, -0.2) is 22.6 Å². The molecule has 0 fully saturated rings. The Kier molecular flexibility index (Phi) is 6.52. The van der Waals surface area contributed by atoms with Crippen molar-refractivity contribution in [3.8, 4) is 0 Å². The van der Waals surface area contributed by atoms with Gasteiger partial charge in [0.2, 0.25) is 0 Å². The summed E-state index contributed by atoms with van der Waals surface area (Å²) in [4.78, 5) is 37.0. The summed E-state index contributed by atoms with van der Waals surface area (Å²) in [7, 11) is 0. The van der Waals surface area contributed by atoms with Gasteiger partial charge in [-0.1, -0.05) is 42.0 Å². The van der Waals surface area contributed by atoms with Gasteiger partial charge in [-0.25, -0.2) is 9.18 Å². The van der Waals surface area contributed by atoms with Crippen molar-refractivity contribution in [3.05, 3.63) is 106 Å². The molecule has 30 heavy (non-hydrogen) atoms. The van der Waals surface area contributed by atoms with Gasteiger partial charge in [0.25, 0.3) is 0 Å². The van der Waals surface area contributed by atoms with E-state index in [1.807, 2.05) is 19.1 Å². The summed E-state index contributed by atoms with van der Waals surface area (Å²) >= 11 is 0. The molecule has 0 saturated heterocycles. The maximum absolute atomic E-state index is 13.2. The van der Waals surface area contributed by atoms with Gasteiger partial charge in [0.1, 0.15) is 5.82 Å². The van der Waals surface area contributed by atoms with Gasteiger partial charge in [-0.05, 0) is 54.8 Å². The number of halogens is 1. The average molecular weight is 404 g/mol. The van der Waals surface area contributed by atoms with Crippen LogP contribution in [-0.2, 0) is 0 Å². The molecule has 1 atom stereocenters. The molecule has 0 bridgehead atoms. The van der Waals surface area contributed by atoms with Crippen LogP contribution in [0.5, 0.6) is 0 Å². The zero-order valence-corrected chi connectivity index (χ0v) is 16.5. The van der Waals surface area contributed by atoms with Crippen molar-refractivity contribution in [2.75, 3.05) is 0 Å². The van der Waals surface area contributed by atoms with E-state index in [4.69, 9.17) is 0 Å². The summed E-state index contributed by atoms with van der Waals surface area (Å²) in [5.41, 5.74) is 2.61. The zero-order chi connectivity index (χ0) is 21.7. The Morgan fingerprint density at radius 3 is 1.87 bits per heavy atom. The third kappa shape index (κ3) is 5.26. The predicted molar refractivity (Wildman–Crippen MR) is 112 cm³/mol. The van der Waals surface area contributed by atoms with E-state index in [-0.39, 0.29) is 30.0 Å². The van der Waals surface area contributed by atoms with Crippen LogP contribution in [0.1, 0.15) is 61.0 Å². The van der Waals surface area contributed by atoms with Crippen LogP contribution in [0.3, 0.4) is 0 Å². The van der Waals surface area contributed by atoms with Gasteiger partial charge in [-0.2, -0.15) is 0 Å². The number of carbonyl (C=O) groups is 3. The standard InChI is InChI=1S/C25H21FO4/c1-16-5-7-17(8-6-16)23(27)14-21(19-3-2-4-20(13-19)25(29)30)15-24(28)18-9-11-22(26)12-10-18/h2-13,21H,14-15H2,1H3,(H,29,30). The van der Waals surface area contributed by atoms with Gasteiger partial charge in [0.15, 0.2) is 11.6 Å². The van der Waals surface area contributed by atoms with Crippen molar-refractivity contribution < 1.29 is 23.9 Å². The highest BCUT2D eigenvalue weighted by Crippen LogP contribution is 2.28. The molecular weight excluding hydrogens is 383 g/mol. The van der Waals surface area contributed by atoms with Crippen LogP contribution in [0, 0.1) is 12.7 Å². The normalized spacial score (nSPS) is 11.7. The number of carboxylic acids is 1. The van der Waals surface area contributed by atoms with Crippen LogP contribution in [0.15, 0.2) is 72.8 Å². The zero-order valence-electron chi connectivity index (χ0n) is 16.5. The van der Waals surface area contributed by atoms with Crippen molar-refractivity contribution in [1.82, 2.24) is 0 Å². The first kappa shape index (κ1) is 21.1. The molecular formula is C25H21FO4. The second kappa shape index (κ2) is 9.27. The first-order valence-corrected chi connectivity index (χ1v) is 9.55. The topological polar surface area (TPSA) is 71.4 Å². The molecule has 0 aromatic heterocycles. The molecule has 3 aromatic carbocycles. The van der Waals surface area contributed by atoms with Crippen LogP contribution in [0.4, 0.5) is 4.39 Å². The molecule has 152 valence electrons. The lowest BCUT2D eigenvalue weighted by Gasteiger charge is -2.17. The lowest BCUT2D eigenvalue weighted by atomic mass is 9.85. The summed E-state index contributed by atoms with van der Waals surface area (Å²) in [6.45, 7) is 1.93. The summed E-state index contributed by atoms with van der Waals surface area (Å²) in [6, 6.07) is 18.7. The summed E-state index contributed by atoms with van der Waals surface area (Å²) < 4.78 is 13.2. The Balaban J connectivity index is 1.89. The van der Waals surface area contributed by atoms with E-state index < -0.39 is 17.7 Å². The van der Waals surface area contributed by atoms with Crippen molar-refractivity contribution >= 4 is 17.5 Å². The third-order valence-electron chi connectivity index (χ3n) is 5.01. The van der Waals surface area contributed by atoms with E-state index in [2.05, 4.69) is 0 Å². The number of hydrogen-bond donors (Lipinski definition) is 1. The molecule has 0 radical (unpaired) electrons. The fourth-order valence-electron chi connectivity index (χ4n) is 3.29. The van der Waals surface area contributed by atoms with E-state index in [1.165, 1.54) is 36.4 Å². The summed E-state index contributed by atoms with van der Waals surface area (Å²) in [5, 5.41) is 9.29. The fourth-order valence-corrected chi connectivity index (χ4v) is 3.29. The van der Waals surface area contributed by atoms with E-state index in [0.717, 1.165) is 5.56 Å². The molecule has 1 N–H and O–H groups in total. The molecule has 3 aromatic rings. The first-order chi connectivity index (χ1) is 14.3. The minimum Gasteiger partial charge on any atom is -0.478 e. The monoisotopic (exact) mass is 404 g/mol. The van der Waals surface area contributed by atoms with Crippen molar-refractivity contribution in [2.45, 2.75) is 25.7 Å². The lowest BCUT2D eigenvalue weighted by molar-refractivity contribution is 0.0696. The Labute approximate surface area is 174 Å². The first-order valence-electron chi connectivity index (χ1n) is 9.55. The number of benzene rings is 3. The molecule has 0 aliphatic carbocycles. The number of aryl methyl sites for hydroxylation is 1. The van der Waals surface area contributed by atoms with Gasteiger partial charge < -0.3 is 5.11 Å². The smallest absolute Gasteiger partial charge is 0.335 e.